The first kappa shape index (κ1) is 17.4. The van der Waals surface area contributed by atoms with Crippen molar-refractivity contribution in [3.05, 3.63) is 30.1 Å². The van der Waals surface area contributed by atoms with E-state index in [-0.39, 0.29) is 5.91 Å². The third-order valence-electron chi connectivity index (χ3n) is 5.50. The number of hydrogen-bond donors (Lipinski definition) is 1. The lowest BCUT2D eigenvalue weighted by atomic mass is 9.88. The van der Waals surface area contributed by atoms with Gasteiger partial charge in [0.15, 0.2) is 0 Å². The molecule has 0 aromatic carbocycles. The van der Waals surface area contributed by atoms with Gasteiger partial charge in [-0.05, 0) is 62.3 Å². The van der Waals surface area contributed by atoms with Gasteiger partial charge in [-0.25, -0.2) is 0 Å². The summed E-state index contributed by atoms with van der Waals surface area (Å²) in [6.45, 7) is 3.49. The Hall–Kier alpha value is -1.42. The molecule has 0 spiro atoms. The molecule has 1 atom stereocenters. The van der Waals surface area contributed by atoms with E-state index in [2.05, 4.69) is 15.2 Å². The Morgan fingerprint density at radius 2 is 1.92 bits per heavy atom. The molecular weight excluding hydrogens is 298 g/mol. The molecule has 1 saturated heterocycles. The Morgan fingerprint density at radius 3 is 2.71 bits per heavy atom. The molecule has 1 amide bonds. The first-order valence-corrected chi connectivity index (χ1v) is 9.70. The van der Waals surface area contributed by atoms with Crippen molar-refractivity contribution in [3.63, 3.8) is 0 Å². The molecule has 2 aliphatic rings. The van der Waals surface area contributed by atoms with E-state index in [0.29, 0.717) is 12.5 Å². The summed E-state index contributed by atoms with van der Waals surface area (Å²) in [5.74, 6) is 1.08. The molecule has 1 aromatic heterocycles. The molecule has 1 aromatic rings. The van der Waals surface area contributed by atoms with Crippen LogP contribution in [0.25, 0.3) is 0 Å². The summed E-state index contributed by atoms with van der Waals surface area (Å²) in [5, 5.41) is 3.26. The Morgan fingerprint density at radius 1 is 1.12 bits per heavy atom. The minimum Gasteiger partial charge on any atom is -0.352 e. The van der Waals surface area contributed by atoms with Crippen molar-refractivity contribution in [2.75, 3.05) is 19.6 Å². The zero-order valence-corrected chi connectivity index (χ0v) is 14.8. The molecule has 2 fully saturated rings. The molecule has 1 aliphatic heterocycles. The van der Waals surface area contributed by atoms with Crippen LogP contribution in [0.3, 0.4) is 0 Å². The lowest BCUT2D eigenvalue weighted by Gasteiger charge is -2.36. The summed E-state index contributed by atoms with van der Waals surface area (Å²) in [7, 11) is 0. The fraction of sp³-hybridized carbons (Fsp3) is 0.700. The van der Waals surface area contributed by atoms with Gasteiger partial charge in [-0.15, -0.1) is 0 Å². The highest BCUT2D eigenvalue weighted by atomic mass is 16.1. The predicted molar refractivity (Wildman–Crippen MR) is 96.7 cm³/mol. The molecule has 4 nitrogen and oxygen atoms in total. The molecule has 1 N–H and O–H groups in total. The van der Waals surface area contributed by atoms with Crippen molar-refractivity contribution >= 4 is 5.91 Å². The summed E-state index contributed by atoms with van der Waals surface area (Å²) in [4.78, 5) is 18.8. The molecule has 3 rings (SSSR count). The van der Waals surface area contributed by atoms with Gasteiger partial charge >= 0.3 is 0 Å². The number of amides is 1. The number of aryl methyl sites for hydroxylation is 1. The smallest absolute Gasteiger partial charge is 0.220 e. The van der Waals surface area contributed by atoms with Gasteiger partial charge in [0.25, 0.3) is 0 Å². The molecule has 4 heteroatoms. The minimum absolute atomic E-state index is 0.191. The van der Waals surface area contributed by atoms with Crippen LogP contribution in [0.4, 0.5) is 0 Å². The normalized spacial score (nSPS) is 23.1. The highest BCUT2D eigenvalue weighted by Gasteiger charge is 2.24. The molecule has 2 heterocycles. The maximum Gasteiger partial charge on any atom is 0.220 e. The van der Waals surface area contributed by atoms with Gasteiger partial charge in [0.05, 0.1) is 0 Å². The van der Waals surface area contributed by atoms with E-state index in [0.717, 1.165) is 25.3 Å². The summed E-state index contributed by atoms with van der Waals surface area (Å²) >= 11 is 0. The van der Waals surface area contributed by atoms with Crippen LogP contribution in [0, 0.1) is 5.92 Å². The fourth-order valence-electron chi connectivity index (χ4n) is 4.18. The standard InChI is InChI=1S/C20H31N3O/c24-20(9-8-17-10-12-21-13-11-17)22-19-7-4-14-23(16-19)15-18-5-2-1-3-6-18/h10-13,18-19H,1-9,14-16H2,(H,22,24)/t19-/m1/s1. The van der Waals surface area contributed by atoms with Crippen LogP contribution in [0.5, 0.6) is 0 Å². The van der Waals surface area contributed by atoms with E-state index >= 15 is 0 Å². The van der Waals surface area contributed by atoms with Crippen LogP contribution >= 0.6 is 0 Å². The minimum atomic E-state index is 0.191. The number of carbonyl (C=O) groups excluding carboxylic acids is 1. The zero-order chi connectivity index (χ0) is 16.6. The van der Waals surface area contributed by atoms with Crippen LogP contribution in [0.1, 0.15) is 56.9 Å². The first-order valence-electron chi connectivity index (χ1n) is 9.70. The average molecular weight is 329 g/mol. The van der Waals surface area contributed by atoms with Crippen molar-refractivity contribution in [3.8, 4) is 0 Å². The number of pyridine rings is 1. The van der Waals surface area contributed by atoms with E-state index < -0.39 is 0 Å². The monoisotopic (exact) mass is 329 g/mol. The van der Waals surface area contributed by atoms with Gasteiger partial charge in [-0.3, -0.25) is 9.78 Å². The average Bonchev–Trinajstić information content (AvgIpc) is 2.62. The van der Waals surface area contributed by atoms with Gasteiger partial charge in [-0.1, -0.05) is 19.3 Å². The maximum absolute atomic E-state index is 12.2. The Bertz CT molecular complexity index is 499. The summed E-state index contributed by atoms with van der Waals surface area (Å²) in [6.07, 6.45) is 14.3. The molecule has 0 unspecified atom stereocenters. The molecule has 1 aliphatic carbocycles. The van der Waals surface area contributed by atoms with E-state index in [1.54, 1.807) is 12.4 Å². The second-order valence-electron chi connectivity index (χ2n) is 7.53. The number of carbonyl (C=O) groups is 1. The highest BCUT2D eigenvalue weighted by molar-refractivity contribution is 5.76. The molecular formula is C20H31N3O. The number of piperidine rings is 1. The fourth-order valence-corrected chi connectivity index (χ4v) is 4.18. The van der Waals surface area contributed by atoms with Gasteiger partial charge in [-0.2, -0.15) is 0 Å². The Labute approximate surface area is 146 Å². The second-order valence-corrected chi connectivity index (χ2v) is 7.53. The van der Waals surface area contributed by atoms with Crippen LogP contribution in [0.2, 0.25) is 0 Å². The van der Waals surface area contributed by atoms with E-state index in [1.165, 1.54) is 57.2 Å². The largest absolute Gasteiger partial charge is 0.352 e. The Kier molecular flexibility index (Phi) is 6.65. The van der Waals surface area contributed by atoms with Crippen molar-refractivity contribution in [1.82, 2.24) is 15.2 Å². The summed E-state index contributed by atoms with van der Waals surface area (Å²) in [5.41, 5.74) is 1.18. The zero-order valence-electron chi connectivity index (χ0n) is 14.8. The van der Waals surface area contributed by atoms with Crippen LogP contribution in [0.15, 0.2) is 24.5 Å². The van der Waals surface area contributed by atoms with Crippen molar-refractivity contribution in [2.24, 2.45) is 5.92 Å². The first-order chi connectivity index (χ1) is 11.8. The number of rotatable bonds is 6. The van der Waals surface area contributed by atoms with Gasteiger partial charge in [0.1, 0.15) is 0 Å². The summed E-state index contributed by atoms with van der Waals surface area (Å²) in [6, 6.07) is 4.31. The molecule has 132 valence electrons. The van der Waals surface area contributed by atoms with Gasteiger partial charge in [0.2, 0.25) is 5.91 Å². The maximum atomic E-state index is 12.2. The molecule has 24 heavy (non-hydrogen) atoms. The third-order valence-corrected chi connectivity index (χ3v) is 5.50. The second kappa shape index (κ2) is 9.16. The highest BCUT2D eigenvalue weighted by Crippen LogP contribution is 2.25. The summed E-state index contributed by atoms with van der Waals surface area (Å²) < 4.78 is 0. The van der Waals surface area contributed by atoms with Crippen molar-refractivity contribution in [1.29, 1.82) is 0 Å². The lowest BCUT2D eigenvalue weighted by molar-refractivity contribution is -0.122. The number of nitrogens with one attached hydrogen (secondary N) is 1. The predicted octanol–water partition coefficient (Wildman–Crippen LogP) is 3.18. The van der Waals surface area contributed by atoms with Crippen LogP contribution < -0.4 is 5.32 Å². The molecule has 1 saturated carbocycles. The van der Waals surface area contributed by atoms with Crippen molar-refractivity contribution < 1.29 is 4.79 Å². The van der Waals surface area contributed by atoms with Crippen LogP contribution in [-0.4, -0.2) is 41.5 Å². The van der Waals surface area contributed by atoms with E-state index in [1.807, 2.05) is 12.1 Å². The number of likely N-dealkylation sites (tertiary alicyclic amines) is 1. The van der Waals surface area contributed by atoms with Crippen LogP contribution in [-0.2, 0) is 11.2 Å². The Balaban J connectivity index is 1.38. The quantitative estimate of drug-likeness (QED) is 0.872. The topological polar surface area (TPSA) is 45.2 Å². The number of nitrogens with zero attached hydrogens (tertiary/aromatic N) is 2. The van der Waals surface area contributed by atoms with Gasteiger partial charge in [0, 0.05) is 37.9 Å². The lowest BCUT2D eigenvalue weighted by Crippen LogP contribution is -2.49. The number of hydrogen-bond acceptors (Lipinski definition) is 3. The van der Waals surface area contributed by atoms with Crippen molar-refractivity contribution in [2.45, 2.75) is 63.8 Å². The number of aromatic nitrogens is 1. The van der Waals surface area contributed by atoms with Gasteiger partial charge < -0.3 is 10.2 Å². The molecule has 0 radical (unpaired) electrons. The van der Waals surface area contributed by atoms with E-state index in [4.69, 9.17) is 0 Å². The van der Waals surface area contributed by atoms with E-state index in [9.17, 15) is 4.79 Å². The molecule has 0 bridgehead atoms. The third kappa shape index (κ3) is 5.59. The SMILES string of the molecule is O=C(CCc1ccncc1)N[C@@H]1CCCN(CC2CCCCC2)C1.